The van der Waals surface area contributed by atoms with Gasteiger partial charge in [0.05, 0.1) is 65.4 Å². The van der Waals surface area contributed by atoms with E-state index in [9.17, 15) is 10.5 Å². The first kappa shape index (κ1) is 48.5. The Bertz CT molecular complexity index is 3730. The van der Waals surface area contributed by atoms with Crippen LogP contribution >= 0.6 is 0 Å². The predicted octanol–water partition coefficient (Wildman–Crippen LogP) is 5.47. The van der Waals surface area contributed by atoms with Crippen LogP contribution in [0.25, 0.3) is 33.3 Å². The molecule has 8 unspecified atom stereocenters. The summed E-state index contributed by atoms with van der Waals surface area (Å²) in [6, 6.07) is 29.8. The molecular formula is C61H62N18O2. The smallest absolute Gasteiger partial charge is 0.213 e. The van der Waals surface area contributed by atoms with Gasteiger partial charge in [0.1, 0.15) is 30.4 Å². The Kier molecular flexibility index (Phi) is 11.6. The number of methoxy groups -OCH3 is 1. The topological polar surface area (TPSA) is 187 Å². The van der Waals surface area contributed by atoms with Crippen LogP contribution in [0.2, 0.25) is 0 Å². The number of nitrogens with zero attached hydrogens (tertiary/aromatic N) is 17. The van der Waals surface area contributed by atoms with E-state index in [1.165, 1.54) is 36.8 Å². The fraction of sp³-hybridized carbons (Fsp3) is 0.410. The second-order valence-corrected chi connectivity index (χ2v) is 23.7. The predicted molar refractivity (Wildman–Crippen MR) is 305 cm³/mol. The number of pyridine rings is 6. The third-order valence-electron chi connectivity index (χ3n) is 19.0. The average Bonchev–Trinajstić information content (AvgIpc) is 4.22. The van der Waals surface area contributed by atoms with Crippen LogP contribution in [-0.4, -0.2) is 175 Å². The lowest BCUT2D eigenvalue weighted by molar-refractivity contribution is -0.0103. The first-order valence-corrected chi connectivity index (χ1v) is 28.7. The van der Waals surface area contributed by atoms with Gasteiger partial charge in [-0.15, -0.1) is 0 Å². The number of ether oxygens (including phenoxy) is 2. The number of aromatic nitrogens is 8. The van der Waals surface area contributed by atoms with Gasteiger partial charge in [0.25, 0.3) is 0 Å². The van der Waals surface area contributed by atoms with Crippen molar-refractivity contribution in [1.29, 1.82) is 10.5 Å². The van der Waals surface area contributed by atoms with Gasteiger partial charge < -0.3 is 34.4 Å². The Morgan fingerprint density at radius 3 is 1.43 bits per heavy atom. The molecule has 20 nitrogen and oxygen atoms in total. The summed E-state index contributed by atoms with van der Waals surface area (Å²) in [7, 11) is 1.65. The monoisotopic (exact) mass is 1080 g/mol. The van der Waals surface area contributed by atoms with Crippen molar-refractivity contribution >= 4 is 34.0 Å². The molecule has 12 aliphatic heterocycles. The molecule has 1 N–H and O–H groups in total. The molecule has 8 atom stereocenters. The third-order valence-corrected chi connectivity index (χ3v) is 19.0. The van der Waals surface area contributed by atoms with E-state index in [1.807, 2.05) is 46.0 Å². The van der Waals surface area contributed by atoms with E-state index in [0.717, 1.165) is 128 Å². The van der Waals surface area contributed by atoms with Crippen molar-refractivity contribution in [2.75, 3.05) is 92.2 Å². The van der Waals surface area contributed by atoms with Gasteiger partial charge in [-0.2, -0.15) is 20.7 Å². The Morgan fingerprint density at radius 1 is 0.519 bits per heavy atom. The van der Waals surface area contributed by atoms with Gasteiger partial charge in [-0.05, 0) is 73.2 Å². The Labute approximate surface area is 469 Å². The molecule has 12 aliphatic rings. The first-order valence-electron chi connectivity index (χ1n) is 28.7. The summed E-state index contributed by atoms with van der Waals surface area (Å²) in [5, 5.41) is 33.0. The molecule has 20 rings (SSSR count). The van der Waals surface area contributed by atoms with E-state index in [0.29, 0.717) is 77.8 Å². The standard InChI is InChI=1S/C61H62N18O2/c1-80-58-8-2-38(20-66-58)26-76-50-14-51(76)33-73(32-50)57-7-5-41(23-65-57)55-17-47(37-79-61(55)43(19-63)25-69-79)72-30-48-13-49(31-72)75(48)10-11-81-59-9-3-39(21-67-59)27-77-52-15-53(77)35-74(34-52)56-6-4-40(22-64-56)54-16-46(71-28-44-12-45(29-71)70-44)36-78-60(54)42(18-62)24-68-78/h2-9,16-17,20-25,36-37,44-45,48-53,70H,10-15,26-35H2,1H3. The highest BCUT2D eigenvalue weighted by atomic mass is 16.5. The maximum Gasteiger partial charge on any atom is 0.213 e. The van der Waals surface area contributed by atoms with Crippen LogP contribution in [0.15, 0.2) is 110 Å². The summed E-state index contributed by atoms with van der Waals surface area (Å²) >= 11 is 0. The lowest BCUT2D eigenvalue weighted by Gasteiger charge is -2.57. The van der Waals surface area contributed by atoms with Gasteiger partial charge in [-0.25, -0.2) is 29.0 Å². The second-order valence-electron chi connectivity index (χ2n) is 23.7. The van der Waals surface area contributed by atoms with E-state index in [-0.39, 0.29) is 0 Å². The lowest BCUT2D eigenvalue weighted by Crippen LogP contribution is -2.69. The number of fused-ring (bicyclic) bond motifs is 10. The molecule has 0 spiro atoms. The van der Waals surface area contributed by atoms with Crippen molar-refractivity contribution in [3.05, 3.63) is 132 Å². The maximum absolute atomic E-state index is 10.1. The summed E-state index contributed by atoms with van der Waals surface area (Å²) in [5.41, 5.74) is 11.3. The van der Waals surface area contributed by atoms with Gasteiger partial charge in [0.2, 0.25) is 11.8 Å². The number of hydrogen-bond acceptors (Lipinski definition) is 18. The van der Waals surface area contributed by atoms with Gasteiger partial charge in [0.15, 0.2) is 0 Å². The van der Waals surface area contributed by atoms with Gasteiger partial charge >= 0.3 is 0 Å². The number of piperazine rings is 4. The van der Waals surface area contributed by atoms with Crippen LogP contribution in [-0.2, 0) is 13.1 Å². The van der Waals surface area contributed by atoms with Crippen molar-refractivity contribution in [3.63, 3.8) is 0 Å². The molecule has 12 saturated heterocycles. The van der Waals surface area contributed by atoms with E-state index in [4.69, 9.17) is 24.4 Å². The Hall–Kier alpha value is -8.40. The Balaban J connectivity index is 0.513. The molecule has 0 aliphatic carbocycles. The van der Waals surface area contributed by atoms with Crippen LogP contribution in [0.5, 0.6) is 11.8 Å². The number of nitrogens with one attached hydrogen (secondary N) is 1. The van der Waals surface area contributed by atoms with Crippen molar-refractivity contribution in [2.24, 2.45) is 0 Å². The van der Waals surface area contributed by atoms with E-state index in [1.54, 1.807) is 19.5 Å². The molecule has 81 heavy (non-hydrogen) atoms. The first-order chi connectivity index (χ1) is 39.8. The minimum Gasteiger partial charge on any atom is -0.481 e. The molecule has 8 aromatic rings. The highest BCUT2D eigenvalue weighted by molar-refractivity contribution is 5.88. The van der Waals surface area contributed by atoms with Crippen LogP contribution < -0.4 is 34.4 Å². The van der Waals surface area contributed by atoms with Gasteiger partial charge in [0, 0.05) is 180 Å². The minimum absolute atomic E-state index is 0.431. The zero-order valence-corrected chi connectivity index (χ0v) is 45.2. The van der Waals surface area contributed by atoms with Crippen LogP contribution in [0.3, 0.4) is 0 Å². The lowest BCUT2D eigenvalue weighted by atomic mass is 9.87. The van der Waals surface area contributed by atoms with Gasteiger partial charge in [-0.3, -0.25) is 14.7 Å². The van der Waals surface area contributed by atoms with Crippen LogP contribution in [0, 0.1) is 22.7 Å². The largest absolute Gasteiger partial charge is 0.481 e. The quantitative estimate of drug-likeness (QED) is 0.136. The van der Waals surface area contributed by atoms with Crippen LogP contribution in [0.1, 0.15) is 47.9 Å². The molecule has 20 heterocycles. The summed E-state index contributed by atoms with van der Waals surface area (Å²) in [4.78, 5) is 36.7. The van der Waals surface area contributed by atoms with Crippen molar-refractivity contribution in [2.45, 2.75) is 87.1 Å². The highest BCUT2D eigenvalue weighted by Gasteiger charge is 2.47. The van der Waals surface area contributed by atoms with Crippen LogP contribution in [0.4, 0.5) is 23.0 Å². The summed E-state index contributed by atoms with van der Waals surface area (Å²) in [5.74, 6) is 3.28. The highest BCUT2D eigenvalue weighted by Crippen LogP contribution is 2.41. The Morgan fingerprint density at radius 2 is 0.988 bits per heavy atom. The molecule has 0 saturated carbocycles. The SMILES string of the molecule is COc1ccc(CN2C3CC2CN(c2ccc(-c4cc(N5CC6CC(C5)N6CCOc5ccc(CN6C7CC6CN(c6ccc(-c8cc(N9CC%10CC(C9)N%10)cn9ncc(C#N)c89)cn6)C7)cn5)cn5ncc(C#N)c45)cn2)C3)cn1. The van der Waals surface area contributed by atoms with Crippen molar-refractivity contribution in [3.8, 4) is 46.2 Å². The van der Waals surface area contributed by atoms with E-state index < -0.39 is 0 Å². The fourth-order valence-electron chi connectivity index (χ4n) is 14.8. The van der Waals surface area contributed by atoms with E-state index >= 15 is 0 Å². The molecule has 12 fully saturated rings. The zero-order valence-electron chi connectivity index (χ0n) is 45.2. The van der Waals surface area contributed by atoms with Crippen molar-refractivity contribution in [1.82, 2.24) is 59.2 Å². The normalized spacial score (nSPS) is 25.6. The molecule has 8 bridgehead atoms. The zero-order chi connectivity index (χ0) is 53.9. The molecule has 8 aromatic heterocycles. The number of rotatable bonds is 15. The molecule has 20 heteroatoms. The van der Waals surface area contributed by atoms with Crippen molar-refractivity contribution < 1.29 is 9.47 Å². The fourth-order valence-corrected chi connectivity index (χ4v) is 14.8. The third kappa shape index (κ3) is 8.53. The van der Waals surface area contributed by atoms with E-state index in [2.05, 4.69) is 128 Å². The maximum atomic E-state index is 10.1. The number of hydrogen-bond donors (Lipinski definition) is 1. The molecule has 408 valence electrons. The number of piperidine rings is 4. The number of nitriles is 2. The summed E-state index contributed by atoms with van der Waals surface area (Å²) in [6.07, 6.45) is 20.1. The average molecular weight is 1080 g/mol. The molecular weight excluding hydrogens is 1020 g/mol. The summed E-state index contributed by atoms with van der Waals surface area (Å²) < 4.78 is 15.3. The molecule has 0 radical (unpaired) electrons. The van der Waals surface area contributed by atoms with Gasteiger partial charge in [-0.1, -0.05) is 12.1 Å². The molecule has 0 amide bonds. The second kappa shape index (κ2) is 19.4. The minimum atomic E-state index is 0.431. The number of anilines is 4. The summed E-state index contributed by atoms with van der Waals surface area (Å²) in [6.45, 7) is 10.7. The molecule has 0 aromatic carbocycles.